The molecule has 3 aromatic rings. The Bertz CT molecular complexity index is 1180. The van der Waals surface area contributed by atoms with Gasteiger partial charge in [0.2, 0.25) is 21.8 Å². The first kappa shape index (κ1) is 23.5. The predicted molar refractivity (Wildman–Crippen MR) is 124 cm³/mol. The van der Waals surface area contributed by atoms with E-state index in [0.717, 1.165) is 9.87 Å². The summed E-state index contributed by atoms with van der Waals surface area (Å²) in [4.78, 5) is 23.9. The molecule has 0 radical (unpaired) electrons. The van der Waals surface area contributed by atoms with Crippen molar-refractivity contribution in [1.29, 1.82) is 0 Å². The van der Waals surface area contributed by atoms with Gasteiger partial charge < -0.3 is 11.1 Å². The number of nitrogens with two attached hydrogens (primary N) is 1. The fourth-order valence-electron chi connectivity index (χ4n) is 3.02. The van der Waals surface area contributed by atoms with Crippen LogP contribution in [0.5, 0.6) is 0 Å². The minimum Gasteiger partial charge on any atom is -0.366 e. The molecular weight excluding hydrogens is 450 g/mol. The SMILES string of the molecule is NC(=O)c1ccc(NC(=O)CN(CCc2ccccc2)S(=O)(=O)c2ccc(Cl)cc2)cc1. The Kier molecular flexibility index (Phi) is 7.63. The molecule has 3 N–H and O–H groups in total. The molecule has 2 amide bonds. The molecule has 3 aromatic carbocycles. The lowest BCUT2D eigenvalue weighted by Gasteiger charge is -2.22. The third kappa shape index (κ3) is 6.16. The molecule has 32 heavy (non-hydrogen) atoms. The lowest BCUT2D eigenvalue weighted by molar-refractivity contribution is -0.116. The van der Waals surface area contributed by atoms with E-state index >= 15 is 0 Å². The Morgan fingerprint density at radius 2 is 1.53 bits per heavy atom. The van der Waals surface area contributed by atoms with Crippen LogP contribution in [0.1, 0.15) is 15.9 Å². The molecule has 0 aliphatic heterocycles. The van der Waals surface area contributed by atoms with Gasteiger partial charge >= 0.3 is 0 Å². The normalized spacial score (nSPS) is 11.3. The lowest BCUT2D eigenvalue weighted by Crippen LogP contribution is -2.39. The largest absolute Gasteiger partial charge is 0.366 e. The van der Waals surface area contributed by atoms with Crippen LogP contribution in [0.4, 0.5) is 5.69 Å². The van der Waals surface area contributed by atoms with E-state index in [4.69, 9.17) is 17.3 Å². The molecule has 0 aliphatic rings. The maximum atomic E-state index is 13.2. The number of carbonyl (C=O) groups excluding carboxylic acids is 2. The number of nitrogens with one attached hydrogen (secondary N) is 1. The van der Waals surface area contributed by atoms with Crippen LogP contribution in [-0.4, -0.2) is 37.6 Å². The van der Waals surface area contributed by atoms with Gasteiger partial charge in [0.1, 0.15) is 0 Å². The second-order valence-corrected chi connectivity index (χ2v) is 9.39. The highest BCUT2D eigenvalue weighted by molar-refractivity contribution is 7.89. The number of amides is 2. The standard InChI is InChI=1S/C23H22ClN3O4S/c24-19-8-12-21(13-9-19)32(30,31)27(15-14-17-4-2-1-3-5-17)16-22(28)26-20-10-6-18(7-11-20)23(25)29/h1-13H,14-16H2,(H2,25,29)(H,26,28). The molecule has 0 bridgehead atoms. The zero-order valence-electron chi connectivity index (χ0n) is 17.1. The molecule has 0 unspecified atom stereocenters. The van der Waals surface area contributed by atoms with E-state index in [1.165, 1.54) is 48.5 Å². The number of nitrogens with zero attached hydrogens (tertiary/aromatic N) is 1. The van der Waals surface area contributed by atoms with Crippen LogP contribution >= 0.6 is 11.6 Å². The summed E-state index contributed by atoms with van der Waals surface area (Å²) in [6, 6.07) is 21.2. The Morgan fingerprint density at radius 3 is 2.12 bits per heavy atom. The molecule has 166 valence electrons. The third-order valence-electron chi connectivity index (χ3n) is 4.72. The summed E-state index contributed by atoms with van der Waals surface area (Å²) in [5, 5.41) is 3.06. The number of anilines is 1. The third-order valence-corrected chi connectivity index (χ3v) is 6.83. The number of halogens is 1. The highest BCUT2D eigenvalue weighted by Crippen LogP contribution is 2.19. The minimum atomic E-state index is -3.94. The molecule has 0 atom stereocenters. The average molecular weight is 472 g/mol. The first-order chi connectivity index (χ1) is 15.3. The molecular formula is C23H22ClN3O4S. The lowest BCUT2D eigenvalue weighted by atomic mass is 10.1. The first-order valence-electron chi connectivity index (χ1n) is 9.75. The number of carbonyl (C=O) groups is 2. The quantitative estimate of drug-likeness (QED) is 0.498. The van der Waals surface area contributed by atoms with Gasteiger partial charge in [-0.1, -0.05) is 41.9 Å². The first-order valence-corrected chi connectivity index (χ1v) is 11.6. The molecule has 0 saturated carbocycles. The second-order valence-electron chi connectivity index (χ2n) is 7.02. The average Bonchev–Trinajstić information content (AvgIpc) is 2.78. The predicted octanol–water partition coefficient (Wildman–Crippen LogP) is 3.31. The Balaban J connectivity index is 1.78. The summed E-state index contributed by atoms with van der Waals surface area (Å²) >= 11 is 5.89. The summed E-state index contributed by atoms with van der Waals surface area (Å²) in [5.41, 5.74) is 6.89. The molecule has 9 heteroatoms. The van der Waals surface area contributed by atoms with Crippen LogP contribution in [0.25, 0.3) is 0 Å². The van der Waals surface area contributed by atoms with Crippen molar-refractivity contribution in [2.24, 2.45) is 5.73 Å². The van der Waals surface area contributed by atoms with Gasteiger partial charge in [0, 0.05) is 22.8 Å². The Labute approximate surface area is 191 Å². The van der Waals surface area contributed by atoms with E-state index in [-0.39, 0.29) is 18.0 Å². The molecule has 0 heterocycles. The topological polar surface area (TPSA) is 110 Å². The highest BCUT2D eigenvalue weighted by atomic mass is 35.5. The molecule has 0 spiro atoms. The monoisotopic (exact) mass is 471 g/mol. The van der Waals surface area contributed by atoms with E-state index in [0.29, 0.717) is 22.7 Å². The van der Waals surface area contributed by atoms with Crippen molar-refractivity contribution >= 4 is 39.1 Å². The maximum Gasteiger partial charge on any atom is 0.248 e. The minimum absolute atomic E-state index is 0.0496. The summed E-state index contributed by atoms with van der Waals surface area (Å²) in [6.45, 7) is -0.266. The Morgan fingerprint density at radius 1 is 0.906 bits per heavy atom. The summed E-state index contributed by atoms with van der Waals surface area (Å²) in [6.07, 6.45) is 0.439. The molecule has 0 aliphatic carbocycles. The van der Waals surface area contributed by atoms with Crippen molar-refractivity contribution in [3.05, 3.63) is 95.0 Å². The number of hydrogen-bond donors (Lipinski definition) is 2. The van der Waals surface area contributed by atoms with Crippen molar-refractivity contribution in [2.75, 3.05) is 18.4 Å². The smallest absolute Gasteiger partial charge is 0.248 e. The zero-order valence-corrected chi connectivity index (χ0v) is 18.6. The van der Waals surface area contributed by atoms with Gasteiger partial charge in [0.25, 0.3) is 0 Å². The van der Waals surface area contributed by atoms with Crippen molar-refractivity contribution in [3.8, 4) is 0 Å². The van der Waals surface area contributed by atoms with Crippen molar-refractivity contribution in [2.45, 2.75) is 11.3 Å². The van der Waals surface area contributed by atoms with Crippen LogP contribution in [-0.2, 0) is 21.2 Å². The summed E-state index contributed by atoms with van der Waals surface area (Å²) in [7, 11) is -3.94. The van der Waals surface area contributed by atoms with Gasteiger partial charge in [-0.15, -0.1) is 0 Å². The van der Waals surface area contributed by atoms with Gasteiger partial charge in [0.05, 0.1) is 11.4 Å². The number of sulfonamides is 1. The number of primary amides is 1. The van der Waals surface area contributed by atoms with Crippen LogP contribution in [0, 0.1) is 0 Å². The molecule has 3 rings (SSSR count). The van der Waals surface area contributed by atoms with E-state index in [2.05, 4.69) is 5.32 Å². The van der Waals surface area contributed by atoms with Gasteiger partial charge in [-0.05, 0) is 60.5 Å². The highest BCUT2D eigenvalue weighted by Gasteiger charge is 2.26. The van der Waals surface area contributed by atoms with Gasteiger partial charge in [-0.2, -0.15) is 4.31 Å². The van der Waals surface area contributed by atoms with E-state index < -0.39 is 21.8 Å². The van der Waals surface area contributed by atoms with E-state index in [1.807, 2.05) is 30.3 Å². The molecule has 7 nitrogen and oxygen atoms in total. The van der Waals surface area contributed by atoms with Gasteiger partial charge in [-0.3, -0.25) is 9.59 Å². The number of benzene rings is 3. The van der Waals surface area contributed by atoms with E-state index in [1.54, 1.807) is 0 Å². The van der Waals surface area contributed by atoms with Crippen LogP contribution in [0.15, 0.2) is 83.8 Å². The molecule has 0 aromatic heterocycles. The van der Waals surface area contributed by atoms with Gasteiger partial charge in [0.15, 0.2) is 0 Å². The summed E-state index contributed by atoms with van der Waals surface area (Å²) in [5.74, 6) is -1.09. The Hall–Kier alpha value is -3.20. The fourth-order valence-corrected chi connectivity index (χ4v) is 4.54. The van der Waals surface area contributed by atoms with Crippen molar-refractivity contribution < 1.29 is 18.0 Å². The molecule has 0 saturated heterocycles. The number of hydrogen-bond acceptors (Lipinski definition) is 4. The van der Waals surface area contributed by atoms with Gasteiger partial charge in [-0.25, -0.2) is 8.42 Å². The van der Waals surface area contributed by atoms with Crippen molar-refractivity contribution in [1.82, 2.24) is 4.31 Å². The summed E-state index contributed by atoms with van der Waals surface area (Å²) < 4.78 is 27.6. The van der Waals surface area contributed by atoms with E-state index in [9.17, 15) is 18.0 Å². The van der Waals surface area contributed by atoms with Crippen LogP contribution < -0.4 is 11.1 Å². The zero-order chi connectivity index (χ0) is 23.1. The second kappa shape index (κ2) is 10.4. The number of rotatable bonds is 9. The maximum absolute atomic E-state index is 13.2. The van der Waals surface area contributed by atoms with Crippen LogP contribution in [0.2, 0.25) is 5.02 Å². The fraction of sp³-hybridized carbons (Fsp3) is 0.130. The molecule has 0 fully saturated rings. The van der Waals surface area contributed by atoms with Crippen LogP contribution in [0.3, 0.4) is 0 Å². The van der Waals surface area contributed by atoms with Crippen molar-refractivity contribution in [3.63, 3.8) is 0 Å².